The highest BCUT2D eigenvalue weighted by Gasteiger charge is 2.16. The van der Waals surface area contributed by atoms with Crippen LogP contribution in [0.15, 0.2) is 79.1 Å². The zero-order valence-corrected chi connectivity index (χ0v) is 16.4. The highest BCUT2D eigenvalue weighted by Crippen LogP contribution is 2.21. The molecule has 0 radical (unpaired) electrons. The van der Waals surface area contributed by atoms with Crippen molar-refractivity contribution in [2.24, 2.45) is 0 Å². The van der Waals surface area contributed by atoms with Gasteiger partial charge < -0.3 is 4.90 Å². The van der Waals surface area contributed by atoms with E-state index in [4.69, 9.17) is 0 Å². The van der Waals surface area contributed by atoms with Crippen molar-refractivity contribution in [2.45, 2.75) is 20.0 Å². The van der Waals surface area contributed by atoms with E-state index in [0.29, 0.717) is 19.0 Å². The van der Waals surface area contributed by atoms with E-state index in [2.05, 4.69) is 44.2 Å². The fourth-order valence-electron chi connectivity index (χ4n) is 3.14. The van der Waals surface area contributed by atoms with E-state index in [9.17, 15) is 10.1 Å². The molecule has 4 rings (SSSR count). The Morgan fingerprint density at radius 2 is 1.57 bits per heavy atom. The molecule has 0 saturated carbocycles. The third kappa shape index (κ3) is 4.49. The van der Waals surface area contributed by atoms with Gasteiger partial charge in [-0.15, -0.1) is 0 Å². The fraction of sp³-hybridized carbons (Fsp3) is 0.136. The van der Waals surface area contributed by atoms with Gasteiger partial charge in [-0.2, -0.15) is 14.8 Å². The number of rotatable bonds is 7. The van der Waals surface area contributed by atoms with Gasteiger partial charge in [0.05, 0.1) is 4.92 Å². The molecule has 2 aromatic carbocycles. The van der Waals surface area contributed by atoms with Crippen LogP contribution in [-0.4, -0.2) is 24.7 Å². The molecular weight excluding hydrogens is 380 g/mol. The second-order valence-corrected chi connectivity index (χ2v) is 6.89. The molecule has 0 bridgehead atoms. The SMILES string of the molecule is Cc1cc(N(Cc2ccccc2)Cc2ccccc2)nc(-n2cc([N+](=O)[O-])cn2)n1. The molecule has 0 aliphatic heterocycles. The van der Waals surface area contributed by atoms with Crippen molar-refractivity contribution < 1.29 is 4.92 Å². The average Bonchev–Trinajstić information content (AvgIpc) is 3.25. The molecule has 0 unspecified atom stereocenters. The largest absolute Gasteiger partial charge is 0.348 e. The number of hydrogen-bond donors (Lipinski definition) is 0. The first-order valence-electron chi connectivity index (χ1n) is 9.46. The van der Waals surface area contributed by atoms with E-state index in [0.717, 1.165) is 22.6 Å². The van der Waals surface area contributed by atoms with Gasteiger partial charge in [-0.25, -0.2) is 4.98 Å². The number of nitro groups is 1. The van der Waals surface area contributed by atoms with Crippen molar-refractivity contribution >= 4 is 11.5 Å². The zero-order valence-electron chi connectivity index (χ0n) is 16.4. The Morgan fingerprint density at radius 1 is 0.967 bits per heavy atom. The molecule has 150 valence electrons. The summed E-state index contributed by atoms with van der Waals surface area (Å²) in [5.74, 6) is 1.02. The quantitative estimate of drug-likeness (QED) is 0.343. The van der Waals surface area contributed by atoms with Gasteiger partial charge in [0.1, 0.15) is 18.2 Å². The lowest BCUT2D eigenvalue weighted by Gasteiger charge is -2.25. The van der Waals surface area contributed by atoms with E-state index in [1.807, 2.05) is 49.4 Å². The van der Waals surface area contributed by atoms with Crippen LogP contribution >= 0.6 is 0 Å². The number of benzene rings is 2. The Balaban J connectivity index is 1.71. The third-order valence-corrected chi connectivity index (χ3v) is 4.57. The normalized spacial score (nSPS) is 10.7. The lowest BCUT2D eigenvalue weighted by atomic mass is 10.1. The van der Waals surface area contributed by atoms with Crippen LogP contribution in [0.1, 0.15) is 16.8 Å². The predicted molar refractivity (Wildman–Crippen MR) is 113 cm³/mol. The van der Waals surface area contributed by atoms with Crippen LogP contribution in [0.25, 0.3) is 5.95 Å². The fourth-order valence-corrected chi connectivity index (χ4v) is 3.14. The number of aryl methyl sites for hydroxylation is 1. The smallest absolute Gasteiger partial charge is 0.307 e. The van der Waals surface area contributed by atoms with Crippen LogP contribution in [0.3, 0.4) is 0 Å². The molecule has 0 aliphatic carbocycles. The van der Waals surface area contributed by atoms with Crippen LogP contribution in [0.5, 0.6) is 0 Å². The van der Waals surface area contributed by atoms with Gasteiger partial charge >= 0.3 is 5.69 Å². The maximum Gasteiger partial charge on any atom is 0.307 e. The Labute approximate surface area is 173 Å². The van der Waals surface area contributed by atoms with Crippen LogP contribution in [0, 0.1) is 17.0 Å². The Kier molecular flexibility index (Phi) is 5.47. The molecule has 30 heavy (non-hydrogen) atoms. The molecule has 0 N–H and O–H groups in total. The molecule has 0 amide bonds. The third-order valence-electron chi connectivity index (χ3n) is 4.57. The predicted octanol–water partition coefficient (Wildman–Crippen LogP) is 4.09. The highest BCUT2D eigenvalue weighted by molar-refractivity contribution is 5.44. The van der Waals surface area contributed by atoms with Crippen molar-refractivity contribution in [1.29, 1.82) is 0 Å². The summed E-state index contributed by atoms with van der Waals surface area (Å²) >= 11 is 0. The average molecular weight is 400 g/mol. The maximum atomic E-state index is 11.0. The number of aromatic nitrogens is 4. The first kappa shape index (κ1) is 19.3. The lowest BCUT2D eigenvalue weighted by molar-refractivity contribution is -0.384. The van der Waals surface area contributed by atoms with E-state index >= 15 is 0 Å². The molecule has 8 heteroatoms. The van der Waals surface area contributed by atoms with Crippen molar-refractivity contribution in [1.82, 2.24) is 19.7 Å². The van der Waals surface area contributed by atoms with Gasteiger partial charge in [0.15, 0.2) is 0 Å². The van der Waals surface area contributed by atoms with Crippen molar-refractivity contribution in [3.8, 4) is 5.95 Å². The van der Waals surface area contributed by atoms with E-state index in [1.54, 1.807) is 0 Å². The monoisotopic (exact) mass is 400 g/mol. The van der Waals surface area contributed by atoms with Gasteiger partial charge in [0, 0.05) is 24.8 Å². The molecule has 2 heterocycles. The summed E-state index contributed by atoms with van der Waals surface area (Å²) in [6.45, 7) is 3.19. The van der Waals surface area contributed by atoms with Gasteiger partial charge in [-0.3, -0.25) is 10.1 Å². The topological polar surface area (TPSA) is 90.0 Å². The second-order valence-electron chi connectivity index (χ2n) is 6.89. The maximum absolute atomic E-state index is 11.0. The molecule has 0 saturated heterocycles. The summed E-state index contributed by atoms with van der Waals surface area (Å²) in [7, 11) is 0. The molecule has 0 atom stereocenters. The summed E-state index contributed by atoms with van der Waals surface area (Å²) in [4.78, 5) is 21.7. The standard InChI is InChI=1S/C22H20N6O2/c1-17-12-21(25-22(24-17)27-16-20(13-23-27)28(29)30)26(14-18-8-4-2-5-9-18)15-19-10-6-3-7-11-19/h2-13,16H,14-15H2,1H3. The summed E-state index contributed by atoms with van der Waals surface area (Å²) in [6.07, 6.45) is 2.51. The van der Waals surface area contributed by atoms with Gasteiger partial charge in [0.25, 0.3) is 5.95 Å². The molecule has 8 nitrogen and oxygen atoms in total. The summed E-state index contributed by atoms with van der Waals surface area (Å²) < 4.78 is 1.33. The molecule has 2 aromatic heterocycles. The number of hydrogen-bond acceptors (Lipinski definition) is 6. The lowest BCUT2D eigenvalue weighted by Crippen LogP contribution is -2.24. The Morgan fingerprint density at radius 3 is 2.10 bits per heavy atom. The van der Waals surface area contributed by atoms with Crippen molar-refractivity contribution in [3.05, 3.63) is 106 Å². The number of anilines is 1. The first-order valence-corrected chi connectivity index (χ1v) is 9.46. The first-order chi connectivity index (χ1) is 14.6. The molecule has 0 fully saturated rings. The second kappa shape index (κ2) is 8.52. The van der Waals surface area contributed by atoms with E-state index < -0.39 is 4.92 Å². The summed E-state index contributed by atoms with van der Waals surface area (Å²) in [5, 5.41) is 15.0. The Bertz CT molecular complexity index is 1100. The number of nitrogens with zero attached hydrogens (tertiary/aromatic N) is 6. The summed E-state index contributed by atoms with van der Waals surface area (Å²) in [5.41, 5.74) is 2.95. The molecule has 0 aliphatic rings. The van der Waals surface area contributed by atoms with Gasteiger partial charge in [0.2, 0.25) is 0 Å². The molecule has 4 aromatic rings. The van der Waals surface area contributed by atoms with Crippen LogP contribution < -0.4 is 4.90 Å². The van der Waals surface area contributed by atoms with Crippen LogP contribution in [0.2, 0.25) is 0 Å². The minimum Gasteiger partial charge on any atom is -0.348 e. The van der Waals surface area contributed by atoms with Gasteiger partial charge in [-0.1, -0.05) is 60.7 Å². The molecule has 0 spiro atoms. The zero-order chi connectivity index (χ0) is 20.9. The van der Waals surface area contributed by atoms with Crippen molar-refractivity contribution in [2.75, 3.05) is 4.90 Å². The minimum atomic E-state index is -0.489. The van der Waals surface area contributed by atoms with Crippen molar-refractivity contribution in [3.63, 3.8) is 0 Å². The van der Waals surface area contributed by atoms with Crippen LogP contribution in [0.4, 0.5) is 11.5 Å². The van der Waals surface area contributed by atoms with E-state index in [1.165, 1.54) is 17.1 Å². The minimum absolute atomic E-state index is 0.105. The molecular formula is C22H20N6O2. The highest BCUT2D eigenvalue weighted by atomic mass is 16.6. The van der Waals surface area contributed by atoms with Crippen LogP contribution in [-0.2, 0) is 13.1 Å². The Hall–Kier alpha value is -4.07. The van der Waals surface area contributed by atoms with Gasteiger partial charge in [-0.05, 0) is 18.1 Å². The van der Waals surface area contributed by atoms with E-state index in [-0.39, 0.29) is 5.69 Å². The summed E-state index contributed by atoms with van der Waals surface area (Å²) in [6, 6.07) is 22.2.